The maximum atomic E-state index is 11.3. The Kier molecular flexibility index (Phi) is 5.11. The number of nitrogens with two attached hydrogens (primary N) is 1. The molecule has 0 aliphatic carbocycles. The fourth-order valence-corrected chi connectivity index (χ4v) is 1.90. The summed E-state index contributed by atoms with van der Waals surface area (Å²) in [7, 11) is -3.17. The molecule has 7 heteroatoms. The summed E-state index contributed by atoms with van der Waals surface area (Å²) in [6.07, 6.45) is 2.09. The number of aliphatic imine (C=N–C) groups is 1. The number of hydrazine groups is 1. The van der Waals surface area contributed by atoms with E-state index in [0.29, 0.717) is 12.5 Å². The van der Waals surface area contributed by atoms with E-state index in [2.05, 4.69) is 15.7 Å². The summed E-state index contributed by atoms with van der Waals surface area (Å²) in [5, 5.41) is 2.96. The lowest BCUT2D eigenvalue weighted by molar-refractivity contribution is 0.602. The third-order valence-electron chi connectivity index (χ3n) is 2.18. The molecule has 1 rings (SSSR count). The molecule has 100 valence electrons. The molecule has 0 aliphatic heterocycles. The van der Waals surface area contributed by atoms with Gasteiger partial charge in [0.15, 0.2) is 9.84 Å². The van der Waals surface area contributed by atoms with Gasteiger partial charge in [0.2, 0.25) is 5.96 Å². The summed E-state index contributed by atoms with van der Waals surface area (Å²) in [6, 6.07) is 6.39. The maximum absolute atomic E-state index is 11.3. The lowest BCUT2D eigenvalue weighted by atomic mass is 10.3. The van der Waals surface area contributed by atoms with Gasteiger partial charge in [0.25, 0.3) is 0 Å². The number of rotatable bonds is 4. The number of nitrogens with one attached hydrogen (secondary N) is 2. The van der Waals surface area contributed by atoms with Crippen molar-refractivity contribution in [2.75, 3.05) is 18.1 Å². The molecular formula is C11H18N4O2S. The van der Waals surface area contributed by atoms with Crippen molar-refractivity contribution < 1.29 is 8.42 Å². The smallest absolute Gasteiger partial charge is 0.210 e. The molecule has 18 heavy (non-hydrogen) atoms. The molecule has 0 saturated carbocycles. The molecule has 0 radical (unpaired) electrons. The minimum absolute atomic E-state index is 0.279. The highest BCUT2D eigenvalue weighted by atomic mass is 32.2. The van der Waals surface area contributed by atoms with Crippen LogP contribution in [0.5, 0.6) is 0 Å². The molecule has 0 amide bonds. The first-order valence-corrected chi connectivity index (χ1v) is 7.44. The first kappa shape index (κ1) is 14.5. The largest absolute Gasteiger partial charge is 0.325 e. The molecule has 6 nitrogen and oxygen atoms in total. The molecule has 0 aliphatic rings. The van der Waals surface area contributed by atoms with E-state index in [0.717, 1.165) is 12.1 Å². The highest BCUT2D eigenvalue weighted by Gasteiger charge is 2.06. The summed E-state index contributed by atoms with van der Waals surface area (Å²) < 4.78 is 22.6. The minimum Gasteiger partial charge on any atom is -0.325 e. The zero-order chi connectivity index (χ0) is 13.6. The van der Waals surface area contributed by atoms with E-state index < -0.39 is 9.84 Å². The van der Waals surface area contributed by atoms with Crippen LogP contribution in [0, 0.1) is 0 Å². The summed E-state index contributed by atoms with van der Waals surface area (Å²) in [5.74, 6) is 5.77. The number of anilines is 1. The first-order valence-electron chi connectivity index (χ1n) is 5.55. The molecule has 1 aromatic carbocycles. The molecule has 4 N–H and O–H groups in total. The van der Waals surface area contributed by atoms with E-state index >= 15 is 0 Å². The van der Waals surface area contributed by atoms with Crippen molar-refractivity contribution in [3.63, 3.8) is 0 Å². The molecule has 0 heterocycles. The molecule has 0 unspecified atom stereocenters. The van der Waals surface area contributed by atoms with E-state index in [1.165, 1.54) is 18.4 Å². The Balaban J connectivity index is 2.80. The van der Waals surface area contributed by atoms with Crippen LogP contribution in [0.2, 0.25) is 0 Å². The number of hydrogen-bond donors (Lipinski definition) is 3. The van der Waals surface area contributed by atoms with Crippen LogP contribution in [0.15, 0.2) is 34.2 Å². The van der Waals surface area contributed by atoms with Crippen molar-refractivity contribution in [3.05, 3.63) is 24.3 Å². The molecule has 0 fully saturated rings. The van der Waals surface area contributed by atoms with Crippen LogP contribution in [0.3, 0.4) is 0 Å². The normalized spacial score (nSPS) is 12.3. The van der Waals surface area contributed by atoms with Gasteiger partial charge in [-0.05, 0) is 30.7 Å². The highest BCUT2D eigenvalue weighted by molar-refractivity contribution is 7.90. The number of sulfone groups is 1. The third-order valence-corrected chi connectivity index (χ3v) is 3.30. The Morgan fingerprint density at radius 3 is 2.39 bits per heavy atom. The summed E-state index contributed by atoms with van der Waals surface area (Å²) in [6.45, 7) is 2.67. The zero-order valence-electron chi connectivity index (χ0n) is 10.5. The second kappa shape index (κ2) is 6.36. The monoisotopic (exact) mass is 270 g/mol. The van der Waals surface area contributed by atoms with Crippen molar-refractivity contribution in [3.8, 4) is 0 Å². The predicted molar refractivity (Wildman–Crippen MR) is 73.1 cm³/mol. The van der Waals surface area contributed by atoms with E-state index in [1.54, 1.807) is 12.1 Å². The average Bonchev–Trinajstić information content (AvgIpc) is 2.34. The minimum atomic E-state index is -3.17. The maximum Gasteiger partial charge on any atom is 0.210 e. The summed E-state index contributed by atoms with van der Waals surface area (Å²) in [4.78, 5) is 4.46. The number of guanidine groups is 1. The second-order valence-electron chi connectivity index (χ2n) is 3.80. The fraction of sp³-hybridized carbons (Fsp3) is 0.364. The van der Waals surface area contributed by atoms with Gasteiger partial charge in [-0.1, -0.05) is 6.92 Å². The van der Waals surface area contributed by atoms with Crippen LogP contribution in [0.1, 0.15) is 13.3 Å². The topological polar surface area (TPSA) is 96.6 Å². The van der Waals surface area contributed by atoms with E-state index in [-0.39, 0.29) is 4.90 Å². The summed E-state index contributed by atoms with van der Waals surface area (Å²) in [5.41, 5.74) is 3.17. The fourth-order valence-electron chi connectivity index (χ4n) is 1.27. The van der Waals surface area contributed by atoms with Crippen molar-refractivity contribution in [2.24, 2.45) is 10.8 Å². The van der Waals surface area contributed by atoms with Gasteiger partial charge in [-0.25, -0.2) is 14.3 Å². The molecule has 0 aromatic heterocycles. The van der Waals surface area contributed by atoms with Gasteiger partial charge in [-0.2, -0.15) is 0 Å². The van der Waals surface area contributed by atoms with Gasteiger partial charge >= 0.3 is 0 Å². The van der Waals surface area contributed by atoms with Crippen molar-refractivity contribution >= 4 is 21.5 Å². The lowest BCUT2D eigenvalue weighted by Gasteiger charge is -2.09. The standard InChI is InChI=1S/C11H18N4O2S/c1-3-8-13-11(15-12)14-9-4-6-10(7-5-9)18(2,16)17/h4-7H,3,8,12H2,1-2H3,(H2,13,14,15). The van der Waals surface area contributed by atoms with Crippen LogP contribution < -0.4 is 16.6 Å². The Morgan fingerprint density at radius 2 is 1.94 bits per heavy atom. The van der Waals surface area contributed by atoms with Crippen molar-refractivity contribution in [1.29, 1.82) is 0 Å². The van der Waals surface area contributed by atoms with Crippen LogP contribution in [-0.2, 0) is 9.84 Å². The van der Waals surface area contributed by atoms with Gasteiger partial charge in [0, 0.05) is 18.5 Å². The molecule has 0 saturated heterocycles. The third kappa shape index (κ3) is 4.34. The first-order chi connectivity index (χ1) is 8.47. The zero-order valence-corrected chi connectivity index (χ0v) is 11.3. The Labute approximate surface area is 107 Å². The van der Waals surface area contributed by atoms with Crippen molar-refractivity contribution in [1.82, 2.24) is 5.43 Å². The van der Waals surface area contributed by atoms with Crippen LogP contribution in [0.25, 0.3) is 0 Å². The van der Waals surface area contributed by atoms with E-state index in [1.807, 2.05) is 6.92 Å². The average molecular weight is 270 g/mol. The Bertz CT molecular complexity index is 508. The lowest BCUT2D eigenvalue weighted by Crippen LogP contribution is -2.36. The quantitative estimate of drug-likeness (QED) is 0.324. The van der Waals surface area contributed by atoms with Gasteiger partial charge in [0.1, 0.15) is 0 Å². The van der Waals surface area contributed by atoms with Gasteiger partial charge < -0.3 is 5.32 Å². The predicted octanol–water partition coefficient (Wildman–Crippen LogP) is 0.731. The van der Waals surface area contributed by atoms with E-state index in [9.17, 15) is 8.42 Å². The number of benzene rings is 1. The Hall–Kier alpha value is -1.60. The molecule has 0 atom stereocenters. The molecule has 0 spiro atoms. The highest BCUT2D eigenvalue weighted by Crippen LogP contribution is 2.13. The molecule has 1 aromatic rings. The number of nitrogens with zero attached hydrogens (tertiary/aromatic N) is 1. The van der Waals surface area contributed by atoms with Gasteiger partial charge in [0.05, 0.1) is 4.90 Å². The van der Waals surface area contributed by atoms with Gasteiger partial charge in [-0.15, -0.1) is 0 Å². The number of hydrogen-bond acceptors (Lipinski definition) is 4. The van der Waals surface area contributed by atoms with E-state index in [4.69, 9.17) is 5.84 Å². The second-order valence-corrected chi connectivity index (χ2v) is 5.81. The van der Waals surface area contributed by atoms with Crippen LogP contribution in [0.4, 0.5) is 5.69 Å². The van der Waals surface area contributed by atoms with Crippen LogP contribution in [-0.4, -0.2) is 27.2 Å². The molecular weight excluding hydrogens is 252 g/mol. The van der Waals surface area contributed by atoms with Gasteiger partial charge in [-0.3, -0.25) is 10.4 Å². The SMILES string of the molecule is CCCN=C(NN)Nc1ccc(S(C)(=O)=O)cc1. The molecule has 0 bridgehead atoms. The Morgan fingerprint density at radius 1 is 1.33 bits per heavy atom. The van der Waals surface area contributed by atoms with Crippen LogP contribution >= 0.6 is 0 Å². The summed E-state index contributed by atoms with van der Waals surface area (Å²) >= 11 is 0. The van der Waals surface area contributed by atoms with Crippen molar-refractivity contribution in [2.45, 2.75) is 18.2 Å².